The summed E-state index contributed by atoms with van der Waals surface area (Å²) in [6.07, 6.45) is -0.00323. The Balaban J connectivity index is 1.84. The second-order valence-corrected chi connectivity index (χ2v) is 6.30. The summed E-state index contributed by atoms with van der Waals surface area (Å²) >= 11 is 6.16. The monoisotopic (exact) mass is 357 g/mol. The van der Waals surface area contributed by atoms with Crippen LogP contribution in [0.2, 0.25) is 5.15 Å². The van der Waals surface area contributed by atoms with Gasteiger partial charge in [0.2, 0.25) is 5.91 Å². The fraction of sp³-hybridized carbons (Fsp3) is 0.375. The van der Waals surface area contributed by atoms with Crippen molar-refractivity contribution in [1.82, 2.24) is 14.7 Å². The number of aromatic nitrogens is 2. The second-order valence-electron chi connectivity index (χ2n) is 5.94. The molecule has 1 atom stereocenters. The summed E-state index contributed by atoms with van der Waals surface area (Å²) in [7, 11) is 1.69. The van der Waals surface area contributed by atoms with Crippen LogP contribution in [-0.2, 0) is 18.4 Å². The lowest BCUT2D eigenvalue weighted by molar-refractivity contribution is -0.128. The molecule has 1 unspecified atom stereocenters. The average molecular weight is 358 g/mol. The lowest BCUT2D eigenvalue weighted by Crippen LogP contribution is -2.25. The highest BCUT2D eigenvalue weighted by Gasteiger charge is 2.34. The average Bonchev–Trinajstić information content (AvgIpc) is 2.98. The molecule has 4 nitrogen and oxygen atoms in total. The molecule has 3 rings (SSSR count). The molecule has 1 aromatic carbocycles. The number of nitrogens with zero attached hydrogens (tertiary/aromatic N) is 3. The van der Waals surface area contributed by atoms with Crippen molar-refractivity contribution in [2.45, 2.75) is 25.8 Å². The molecule has 0 aliphatic carbocycles. The first-order valence-corrected chi connectivity index (χ1v) is 7.76. The standard InChI is InChI=1S/C16H15ClF3N3O/c1-8-12(16(17)22(2)21-8)7-23-6-9(3-14(23)24)11-4-10(18)5-13(19)15(11)20/h4-5,9H,3,6-7H2,1-2H3. The van der Waals surface area contributed by atoms with Gasteiger partial charge in [-0.3, -0.25) is 9.48 Å². The predicted octanol–water partition coefficient (Wildman–Crippen LogP) is 3.32. The second kappa shape index (κ2) is 6.12. The summed E-state index contributed by atoms with van der Waals surface area (Å²) < 4.78 is 42.2. The van der Waals surface area contributed by atoms with Gasteiger partial charge in [-0.1, -0.05) is 11.6 Å². The van der Waals surface area contributed by atoms with Crippen LogP contribution in [0.3, 0.4) is 0 Å². The quantitative estimate of drug-likeness (QED) is 0.790. The van der Waals surface area contributed by atoms with E-state index in [1.54, 1.807) is 14.0 Å². The molecule has 1 aliphatic heterocycles. The van der Waals surface area contributed by atoms with Crippen LogP contribution in [0.5, 0.6) is 0 Å². The van der Waals surface area contributed by atoms with Gasteiger partial charge < -0.3 is 4.90 Å². The van der Waals surface area contributed by atoms with E-state index in [9.17, 15) is 18.0 Å². The van der Waals surface area contributed by atoms with E-state index in [1.165, 1.54) is 9.58 Å². The maximum atomic E-state index is 13.9. The zero-order valence-corrected chi connectivity index (χ0v) is 13.9. The van der Waals surface area contributed by atoms with E-state index in [1.807, 2.05) is 0 Å². The van der Waals surface area contributed by atoms with E-state index in [4.69, 9.17) is 11.6 Å². The molecule has 1 saturated heterocycles. The van der Waals surface area contributed by atoms with Crippen LogP contribution in [0.1, 0.15) is 29.2 Å². The summed E-state index contributed by atoms with van der Waals surface area (Å²) in [6.45, 7) is 2.18. The van der Waals surface area contributed by atoms with Gasteiger partial charge in [-0.15, -0.1) is 0 Å². The van der Waals surface area contributed by atoms with E-state index in [-0.39, 0.29) is 31.0 Å². The van der Waals surface area contributed by atoms with Gasteiger partial charge in [0.05, 0.1) is 12.2 Å². The number of hydrogen-bond acceptors (Lipinski definition) is 2. The van der Waals surface area contributed by atoms with E-state index >= 15 is 0 Å². The van der Waals surface area contributed by atoms with Crippen LogP contribution in [0.4, 0.5) is 13.2 Å². The first-order chi connectivity index (χ1) is 11.3. The Morgan fingerprint density at radius 2 is 2.04 bits per heavy atom. The van der Waals surface area contributed by atoms with Crippen molar-refractivity contribution < 1.29 is 18.0 Å². The molecular weight excluding hydrogens is 343 g/mol. The van der Waals surface area contributed by atoms with Gasteiger partial charge in [0.25, 0.3) is 0 Å². The molecule has 1 aromatic heterocycles. The largest absolute Gasteiger partial charge is 0.338 e. The predicted molar refractivity (Wildman–Crippen MR) is 82.0 cm³/mol. The lowest BCUT2D eigenvalue weighted by Gasteiger charge is -2.17. The van der Waals surface area contributed by atoms with Crippen molar-refractivity contribution in [3.63, 3.8) is 0 Å². The Morgan fingerprint density at radius 1 is 1.33 bits per heavy atom. The maximum Gasteiger partial charge on any atom is 0.223 e. The number of rotatable bonds is 3. The van der Waals surface area contributed by atoms with Gasteiger partial charge in [0, 0.05) is 37.6 Å². The third-order valence-corrected chi connectivity index (χ3v) is 4.77. The van der Waals surface area contributed by atoms with Crippen LogP contribution in [-0.4, -0.2) is 27.1 Å². The number of benzene rings is 1. The van der Waals surface area contributed by atoms with Crippen molar-refractivity contribution in [2.75, 3.05) is 6.54 Å². The molecule has 2 heterocycles. The first-order valence-electron chi connectivity index (χ1n) is 7.38. The van der Waals surface area contributed by atoms with Crippen molar-refractivity contribution in [1.29, 1.82) is 0 Å². The fourth-order valence-corrected chi connectivity index (χ4v) is 3.28. The van der Waals surface area contributed by atoms with Crippen LogP contribution < -0.4 is 0 Å². The number of hydrogen-bond donors (Lipinski definition) is 0. The van der Waals surface area contributed by atoms with Gasteiger partial charge in [-0.25, -0.2) is 13.2 Å². The SMILES string of the molecule is Cc1nn(C)c(Cl)c1CN1CC(c2cc(F)cc(F)c2F)CC1=O. The van der Waals surface area contributed by atoms with Crippen LogP contribution in [0.25, 0.3) is 0 Å². The molecule has 0 bridgehead atoms. The van der Waals surface area contributed by atoms with Crippen LogP contribution >= 0.6 is 11.6 Å². The molecule has 1 aliphatic rings. The van der Waals surface area contributed by atoms with Gasteiger partial charge >= 0.3 is 0 Å². The summed E-state index contributed by atoms with van der Waals surface area (Å²) in [5.41, 5.74) is 1.29. The Hall–Kier alpha value is -2.02. The highest BCUT2D eigenvalue weighted by Crippen LogP contribution is 2.33. The Morgan fingerprint density at radius 3 is 2.67 bits per heavy atom. The summed E-state index contributed by atoms with van der Waals surface area (Å²) in [5, 5.41) is 4.60. The summed E-state index contributed by atoms with van der Waals surface area (Å²) in [6, 6.07) is 1.44. The van der Waals surface area contributed by atoms with Crippen molar-refractivity contribution in [3.05, 3.63) is 51.6 Å². The smallest absolute Gasteiger partial charge is 0.223 e. The molecular formula is C16H15ClF3N3O. The number of carbonyl (C=O) groups excluding carboxylic acids is 1. The highest BCUT2D eigenvalue weighted by atomic mass is 35.5. The van der Waals surface area contributed by atoms with E-state index in [0.717, 1.165) is 6.07 Å². The molecule has 1 fully saturated rings. The third kappa shape index (κ3) is 2.88. The lowest BCUT2D eigenvalue weighted by atomic mass is 9.97. The molecule has 24 heavy (non-hydrogen) atoms. The third-order valence-electron chi connectivity index (χ3n) is 4.29. The number of amides is 1. The first kappa shape index (κ1) is 16.8. The minimum Gasteiger partial charge on any atom is -0.338 e. The molecule has 128 valence electrons. The highest BCUT2D eigenvalue weighted by molar-refractivity contribution is 6.30. The topological polar surface area (TPSA) is 38.1 Å². The summed E-state index contributed by atoms with van der Waals surface area (Å²) in [5.74, 6) is -4.03. The van der Waals surface area contributed by atoms with Crippen molar-refractivity contribution in [2.24, 2.45) is 7.05 Å². The van der Waals surface area contributed by atoms with Gasteiger partial charge in [0.15, 0.2) is 11.6 Å². The van der Waals surface area contributed by atoms with Crippen molar-refractivity contribution >= 4 is 17.5 Å². The molecule has 0 spiro atoms. The molecule has 8 heteroatoms. The van der Waals surface area contributed by atoms with Crippen LogP contribution in [0, 0.1) is 24.4 Å². The van der Waals surface area contributed by atoms with E-state index in [0.29, 0.717) is 22.5 Å². The van der Waals surface area contributed by atoms with Gasteiger partial charge in [-0.05, 0) is 18.6 Å². The molecule has 0 saturated carbocycles. The normalized spacial score (nSPS) is 17.8. The molecule has 2 aromatic rings. The fourth-order valence-electron chi connectivity index (χ4n) is 3.05. The minimum atomic E-state index is -1.25. The number of aryl methyl sites for hydroxylation is 2. The zero-order valence-electron chi connectivity index (χ0n) is 13.1. The Labute approximate surface area is 141 Å². The number of likely N-dealkylation sites (tertiary alicyclic amines) is 1. The maximum absolute atomic E-state index is 13.9. The Kier molecular flexibility index (Phi) is 4.29. The minimum absolute atomic E-state index is 0.00323. The Bertz CT molecular complexity index is 821. The number of carbonyl (C=O) groups is 1. The zero-order chi connectivity index (χ0) is 17.6. The number of halogens is 4. The molecule has 1 amide bonds. The molecule has 0 radical (unpaired) electrons. The van der Waals surface area contributed by atoms with E-state index in [2.05, 4.69) is 5.10 Å². The van der Waals surface area contributed by atoms with Crippen molar-refractivity contribution in [3.8, 4) is 0 Å². The van der Waals surface area contributed by atoms with Gasteiger partial charge in [0.1, 0.15) is 11.0 Å². The summed E-state index contributed by atoms with van der Waals surface area (Å²) in [4.78, 5) is 13.7. The van der Waals surface area contributed by atoms with Crippen LogP contribution in [0.15, 0.2) is 12.1 Å². The molecule has 0 N–H and O–H groups in total. The van der Waals surface area contributed by atoms with E-state index < -0.39 is 23.4 Å². The van der Waals surface area contributed by atoms with Gasteiger partial charge in [-0.2, -0.15) is 5.10 Å².